The number of benzene rings is 3. The number of hydrogen-bond acceptors (Lipinski definition) is 7. The predicted octanol–water partition coefficient (Wildman–Crippen LogP) is 5.37. The first kappa shape index (κ1) is 26.2. The number of fused-ring (bicyclic) bond motifs is 3. The molecule has 6 rings (SSSR count). The summed E-state index contributed by atoms with van der Waals surface area (Å²) in [5, 5.41) is 0.854. The topological polar surface area (TPSA) is 75.1 Å². The van der Waals surface area contributed by atoms with Gasteiger partial charge in [0, 0.05) is 35.8 Å². The molecule has 2 aliphatic rings. The third-order valence-electron chi connectivity index (χ3n) is 8.38. The van der Waals surface area contributed by atoms with E-state index in [1.54, 1.807) is 14.2 Å². The minimum absolute atomic E-state index is 0.160. The second-order valence-corrected chi connectivity index (χ2v) is 10.7. The number of ether oxygens (including phenoxy) is 4. The van der Waals surface area contributed by atoms with Crippen molar-refractivity contribution in [2.45, 2.75) is 57.0 Å². The Morgan fingerprint density at radius 2 is 1.30 bits per heavy atom. The molecule has 0 aliphatic carbocycles. The summed E-state index contributed by atoms with van der Waals surface area (Å²) >= 11 is 0. The highest BCUT2D eigenvalue weighted by Gasteiger charge is 2.39. The van der Waals surface area contributed by atoms with Crippen molar-refractivity contribution in [1.82, 2.24) is 14.5 Å². The van der Waals surface area contributed by atoms with Crippen molar-refractivity contribution in [2.24, 2.45) is 0 Å². The molecule has 3 heterocycles. The van der Waals surface area contributed by atoms with Crippen LogP contribution in [0.25, 0.3) is 10.9 Å². The Kier molecular flexibility index (Phi) is 7.34. The van der Waals surface area contributed by atoms with Gasteiger partial charge in [0.15, 0.2) is 11.5 Å². The van der Waals surface area contributed by atoms with E-state index in [1.807, 2.05) is 71.4 Å². The smallest absolute Gasteiger partial charge is 0.348 e. The van der Waals surface area contributed by atoms with E-state index in [0.717, 1.165) is 40.9 Å². The van der Waals surface area contributed by atoms with Crippen LogP contribution in [0.3, 0.4) is 0 Å². The van der Waals surface area contributed by atoms with Crippen LogP contribution in [-0.2, 0) is 13.2 Å². The summed E-state index contributed by atoms with van der Waals surface area (Å²) < 4.78 is 24.9. The van der Waals surface area contributed by atoms with Crippen LogP contribution in [-0.4, -0.2) is 47.8 Å². The minimum Gasteiger partial charge on any atom is -0.497 e. The molecule has 40 heavy (non-hydrogen) atoms. The fourth-order valence-corrected chi connectivity index (χ4v) is 5.99. The van der Waals surface area contributed by atoms with Gasteiger partial charge in [-0.25, -0.2) is 4.79 Å². The van der Waals surface area contributed by atoms with Crippen LogP contribution in [0.15, 0.2) is 71.7 Å². The lowest BCUT2D eigenvalue weighted by Crippen LogP contribution is -2.42. The summed E-state index contributed by atoms with van der Waals surface area (Å²) in [5.41, 5.74) is 2.38. The van der Waals surface area contributed by atoms with E-state index in [-0.39, 0.29) is 11.7 Å². The maximum absolute atomic E-state index is 13.2. The van der Waals surface area contributed by atoms with Crippen LogP contribution < -0.4 is 24.6 Å². The van der Waals surface area contributed by atoms with Gasteiger partial charge < -0.3 is 23.8 Å². The Balaban J connectivity index is 1.30. The number of piperidine rings is 1. The van der Waals surface area contributed by atoms with Crippen LogP contribution in [0.2, 0.25) is 0 Å². The summed E-state index contributed by atoms with van der Waals surface area (Å²) in [6.07, 6.45) is 6.30. The van der Waals surface area contributed by atoms with Crippen molar-refractivity contribution in [2.75, 3.05) is 21.3 Å². The molecular weight excluding hydrogens is 506 g/mol. The van der Waals surface area contributed by atoms with Gasteiger partial charge in [0.25, 0.3) is 0 Å². The summed E-state index contributed by atoms with van der Waals surface area (Å²) in [4.78, 5) is 20.2. The molecule has 1 aromatic heterocycles. The molecule has 8 heteroatoms. The van der Waals surface area contributed by atoms with Crippen LogP contribution in [0.1, 0.15) is 42.9 Å². The van der Waals surface area contributed by atoms with E-state index in [1.165, 1.54) is 12.8 Å². The lowest BCUT2D eigenvalue weighted by molar-refractivity contribution is 0.135. The summed E-state index contributed by atoms with van der Waals surface area (Å²) in [6, 6.07) is 20.5. The second-order valence-electron chi connectivity index (χ2n) is 10.7. The quantitative estimate of drug-likeness (QED) is 0.282. The molecule has 2 atom stereocenters. The zero-order valence-corrected chi connectivity index (χ0v) is 23.2. The van der Waals surface area contributed by atoms with Crippen molar-refractivity contribution in [1.29, 1.82) is 0 Å². The Labute approximate surface area is 234 Å². The van der Waals surface area contributed by atoms with Gasteiger partial charge in [0.2, 0.25) is 0 Å². The molecule has 208 valence electrons. The van der Waals surface area contributed by atoms with E-state index < -0.39 is 0 Å². The first-order chi connectivity index (χ1) is 19.5. The summed E-state index contributed by atoms with van der Waals surface area (Å²) in [5.74, 6) is 2.73. The molecule has 4 aromatic rings. The van der Waals surface area contributed by atoms with Gasteiger partial charge in [-0.1, -0.05) is 24.3 Å². The first-order valence-electron chi connectivity index (χ1n) is 13.8. The zero-order valence-electron chi connectivity index (χ0n) is 23.2. The fraction of sp³-hybridized carbons (Fsp3) is 0.375. The van der Waals surface area contributed by atoms with E-state index in [4.69, 9.17) is 18.9 Å². The third-order valence-corrected chi connectivity index (χ3v) is 8.38. The molecule has 8 nitrogen and oxygen atoms in total. The molecule has 0 amide bonds. The third kappa shape index (κ3) is 5.36. The van der Waals surface area contributed by atoms with Gasteiger partial charge in [0.05, 0.1) is 19.7 Å². The minimum atomic E-state index is -0.213. The molecule has 2 unspecified atom stereocenters. The molecule has 2 bridgehead atoms. The molecule has 3 aromatic carbocycles. The van der Waals surface area contributed by atoms with Crippen molar-refractivity contribution in [3.8, 4) is 23.0 Å². The predicted molar refractivity (Wildman–Crippen MR) is 153 cm³/mol. The Hall–Kier alpha value is -4.04. The maximum Gasteiger partial charge on any atom is 0.348 e. The van der Waals surface area contributed by atoms with Crippen molar-refractivity contribution in [3.05, 3.63) is 88.5 Å². The van der Waals surface area contributed by atoms with E-state index >= 15 is 0 Å². The number of methoxy groups -OCH3 is 2. The summed E-state index contributed by atoms with van der Waals surface area (Å²) in [6.45, 7) is 0.698. The van der Waals surface area contributed by atoms with Gasteiger partial charge in [-0.15, -0.1) is 0 Å². The van der Waals surface area contributed by atoms with Gasteiger partial charge in [-0.2, -0.15) is 4.98 Å². The number of nitrogens with zero attached hydrogens (tertiary/aromatic N) is 3. The number of aromatic nitrogens is 2. The SMILES string of the molecule is COc1ccc(COc2cc3cn(C4CC5CCC(C4)N5C)c(=O)nc3cc2OCc2ccc(OC)cc2)cc1. The highest BCUT2D eigenvalue weighted by Crippen LogP contribution is 2.40. The molecule has 2 aliphatic heterocycles. The monoisotopic (exact) mass is 541 g/mol. The molecule has 2 fully saturated rings. The van der Waals surface area contributed by atoms with Crippen LogP contribution >= 0.6 is 0 Å². The first-order valence-corrected chi connectivity index (χ1v) is 13.8. The molecule has 0 saturated carbocycles. The molecular formula is C32H35N3O5. The Morgan fingerprint density at radius 1 is 0.775 bits per heavy atom. The van der Waals surface area contributed by atoms with Gasteiger partial charge >= 0.3 is 5.69 Å². The lowest BCUT2D eigenvalue weighted by Gasteiger charge is -2.36. The standard InChI is InChI=1S/C32H35N3O5/c1-34-24-8-9-25(34)16-26(15-24)35-18-23-14-30(39-19-21-4-10-27(37-2)11-5-21)31(17-29(23)33-32(35)36)40-20-22-6-12-28(38-3)13-7-22/h4-7,10-14,17-18,24-26H,8-9,15-16,19-20H2,1-3H3. The Morgan fingerprint density at radius 3 is 1.82 bits per heavy atom. The van der Waals surface area contributed by atoms with Gasteiger partial charge in [-0.3, -0.25) is 4.57 Å². The van der Waals surface area contributed by atoms with Crippen LogP contribution in [0, 0.1) is 0 Å². The second kappa shape index (κ2) is 11.2. The molecule has 0 spiro atoms. The largest absolute Gasteiger partial charge is 0.497 e. The average Bonchev–Trinajstić information content (AvgIpc) is 3.17. The fourth-order valence-electron chi connectivity index (χ4n) is 5.99. The van der Waals surface area contributed by atoms with Crippen molar-refractivity contribution >= 4 is 10.9 Å². The zero-order chi connectivity index (χ0) is 27.6. The van der Waals surface area contributed by atoms with Crippen LogP contribution in [0.4, 0.5) is 0 Å². The van der Waals surface area contributed by atoms with Gasteiger partial charge in [0.1, 0.15) is 24.7 Å². The van der Waals surface area contributed by atoms with Crippen molar-refractivity contribution < 1.29 is 18.9 Å². The van der Waals surface area contributed by atoms with Crippen molar-refractivity contribution in [3.63, 3.8) is 0 Å². The molecule has 0 N–H and O–H groups in total. The van der Waals surface area contributed by atoms with E-state index in [9.17, 15) is 4.79 Å². The van der Waals surface area contributed by atoms with Gasteiger partial charge in [-0.05, 0) is 74.2 Å². The molecule has 0 radical (unpaired) electrons. The highest BCUT2D eigenvalue weighted by atomic mass is 16.5. The summed E-state index contributed by atoms with van der Waals surface area (Å²) in [7, 11) is 5.50. The number of hydrogen-bond donors (Lipinski definition) is 0. The molecule has 2 saturated heterocycles. The van der Waals surface area contributed by atoms with E-state index in [0.29, 0.717) is 42.3 Å². The van der Waals surface area contributed by atoms with E-state index in [2.05, 4.69) is 16.9 Å². The highest BCUT2D eigenvalue weighted by molar-refractivity contribution is 5.81. The average molecular weight is 542 g/mol. The Bertz CT molecular complexity index is 1520. The normalized spacial score (nSPS) is 20.4. The maximum atomic E-state index is 13.2. The lowest BCUT2D eigenvalue weighted by atomic mass is 9.97. The number of rotatable bonds is 9. The van der Waals surface area contributed by atoms with Crippen LogP contribution in [0.5, 0.6) is 23.0 Å².